The van der Waals surface area contributed by atoms with Gasteiger partial charge in [-0.05, 0) is 13.0 Å². The van der Waals surface area contributed by atoms with Gasteiger partial charge in [0.05, 0.1) is 12.1 Å². The average Bonchev–Trinajstić information content (AvgIpc) is 2.90. The van der Waals surface area contributed by atoms with Crippen LogP contribution in [0.2, 0.25) is 0 Å². The molecule has 0 aromatic heterocycles. The Kier molecular flexibility index (Phi) is 2.65. The molecule has 5 nitrogen and oxygen atoms in total. The normalized spacial score (nSPS) is 42.6. The highest BCUT2D eigenvalue weighted by Crippen LogP contribution is 2.30. The van der Waals surface area contributed by atoms with Crippen LogP contribution in [0.25, 0.3) is 0 Å². The minimum absolute atomic E-state index is 0.107. The van der Waals surface area contributed by atoms with Crippen molar-refractivity contribution in [3.8, 4) is 6.07 Å². The van der Waals surface area contributed by atoms with Gasteiger partial charge in [-0.25, -0.2) is 0 Å². The molecule has 3 rings (SSSR count). The third-order valence-electron chi connectivity index (χ3n) is 3.69. The Morgan fingerprint density at radius 1 is 1.50 bits per heavy atom. The zero-order valence-corrected chi connectivity index (χ0v) is 9.07. The van der Waals surface area contributed by atoms with Gasteiger partial charge >= 0.3 is 0 Å². The van der Waals surface area contributed by atoms with Crippen molar-refractivity contribution in [2.24, 2.45) is 5.92 Å². The predicted molar refractivity (Wildman–Crippen MR) is 58.3 cm³/mol. The minimum atomic E-state index is -0.216. The van der Waals surface area contributed by atoms with Crippen LogP contribution in [0.5, 0.6) is 0 Å². The zero-order chi connectivity index (χ0) is 11.0. The first-order valence-corrected chi connectivity index (χ1v) is 5.84. The lowest BCUT2D eigenvalue weighted by atomic mass is 9.90. The van der Waals surface area contributed by atoms with Crippen molar-refractivity contribution < 1.29 is 4.84 Å². The van der Waals surface area contributed by atoms with Gasteiger partial charge in [0.15, 0.2) is 0 Å². The van der Waals surface area contributed by atoms with Gasteiger partial charge in [0.1, 0.15) is 12.1 Å². The molecule has 2 saturated heterocycles. The Morgan fingerprint density at radius 2 is 2.44 bits per heavy atom. The highest BCUT2D eigenvalue weighted by molar-refractivity contribution is 5.21. The average molecular weight is 220 g/mol. The Hall–Kier alpha value is -0.930. The van der Waals surface area contributed by atoms with Gasteiger partial charge in [-0.2, -0.15) is 10.7 Å². The molecule has 3 aliphatic heterocycles. The largest absolute Gasteiger partial charge is 0.313 e. The molecule has 0 bridgehead atoms. The van der Waals surface area contributed by atoms with Crippen LogP contribution < -0.4 is 16.1 Å². The van der Waals surface area contributed by atoms with Gasteiger partial charge in [-0.3, -0.25) is 4.84 Å². The second kappa shape index (κ2) is 4.15. The standard InChI is InChI=1S/C11H16N4O/c12-4-9-10-11(16-15-9)8(6-14-10)7-2-1-3-13-5-7/h2,8-11,13-15H,1,3,5-6H2. The summed E-state index contributed by atoms with van der Waals surface area (Å²) < 4.78 is 0. The van der Waals surface area contributed by atoms with Crippen LogP contribution in [-0.2, 0) is 4.84 Å². The Morgan fingerprint density at radius 3 is 3.19 bits per heavy atom. The summed E-state index contributed by atoms with van der Waals surface area (Å²) in [5, 5.41) is 15.7. The topological polar surface area (TPSA) is 69.1 Å². The van der Waals surface area contributed by atoms with E-state index in [0.717, 1.165) is 26.1 Å². The number of nitrogens with zero attached hydrogens (tertiary/aromatic N) is 1. The molecule has 3 N–H and O–H groups in total. The highest BCUT2D eigenvalue weighted by atomic mass is 16.7. The molecule has 0 aromatic carbocycles. The lowest BCUT2D eigenvalue weighted by molar-refractivity contribution is 0.0135. The van der Waals surface area contributed by atoms with E-state index in [9.17, 15) is 0 Å². The summed E-state index contributed by atoms with van der Waals surface area (Å²) in [6.07, 6.45) is 3.52. The van der Waals surface area contributed by atoms with Gasteiger partial charge in [0, 0.05) is 19.0 Å². The fraction of sp³-hybridized carbons (Fsp3) is 0.727. The molecule has 3 heterocycles. The summed E-state index contributed by atoms with van der Waals surface area (Å²) in [7, 11) is 0. The van der Waals surface area contributed by atoms with Crippen molar-refractivity contribution >= 4 is 0 Å². The van der Waals surface area contributed by atoms with Crippen molar-refractivity contribution in [2.45, 2.75) is 24.6 Å². The van der Waals surface area contributed by atoms with E-state index >= 15 is 0 Å². The summed E-state index contributed by atoms with van der Waals surface area (Å²) in [5.41, 5.74) is 4.23. The second-order valence-corrected chi connectivity index (χ2v) is 4.59. The van der Waals surface area contributed by atoms with Crippen LogP contribution in [0.3, 0.4) is 0 Å². The van der Waals surface area contributed by atoms with Crippen LogP contribution in [0, 0.1) is 17.2 Å². The van der Waals surface area contributed by atoms with E-state index in [1.165, 1.54) is 5.57 Å². The van der Waals surface area contributed by atoms with Crippen molar-refractivity contribution in [3.63, 3.8) is 0 Å². The number of hydrogen-bond donors (Lipinski definition) is 3. The van der Waals surface area contributed by atoms with Gasteiger partial charge in [0.25, 0.3) is 0 Å². The zero-order valence-electron chi connectivity index (χ0n) is 9.07. The summed E-state index contributed by atoms with van der Waals surface area (Å²) in [4.78, 5) is 5.54. The maximum atomic E-state index is 8.95. The van der Waals surface area contributed by atoms with E-state index in [1.54, 1.807) is 0 Å². The van der Waals surface area contributed by atoms with Gasteiger partial charge in [-0.1, -0.05) is 11.6 Å². The second-order valence-electron chi connectivity index (χ2n) is 4.59. The van der Waals surface area contributed by atoms with Crippen LogP contribution in [-0.4, -0.2) is 37.8 Å². The minimum Gasteiger partial charge on any atom is -0.313 e. The number of hydroxylamine groups is 1. The molecule has 86 valence electrons. The van der Waals surface area contributed by atoms with Crippen molar-refractivity contribution in [1.82, 2.24) is 16.1 Å². The third-order valence-corrected chi connectivity index (χ3v) is 3.69. The first-order valence-electron chi connectivity index (χ1n) is 5.84. The Labute approximate surface area is 94.8 Å². The van der Waals surface area contributed by atoms with E-state index in [-0.39, 0.29) is 18.2 Å². The predicted octanol–water partition coefficient (Wildman–Crippen LogP) is -0.710. The number of nitriles is 1. The Bertz CT molecular complexity index is 348. The molecular weight excluding hydrogens is 204 g/mol. The van der Waals surface area contributed by atoms with E-state index in [1.807, 2.05) is 0 Å². The quantitative estimate of drug-likeness (QED) is 0.509. The first-order chi connectivity index (χ1) is 7.90. The van der Waals surface area contributed by atoms with E-state index in [0.29, 0.717) is 5.92 Å². The number of rotatable bonds is 1. The van der Waals surface area contributed by atoms with E-state index in [4.69, 9.17) is 10.1 Å². The van der Waals surface area contributed by atoms with Gasteiger partial charge in [0.2, 0.25) is 0 Å². The van der Waals surface area contributed by atoms with E-state index < -0.39 is 0 Å². The molecule has 4 unspecified atom stereocenters. The maximum absolute atomic E-state index is 8.95. The molecule has 0 radical (unpaired) electrons. The molecular formula is C11H16N4O. The first kappa shape index (κ1) is 10.2. The van der Waals surface area contributed by atoms with Crippen LogP contribution in [0.15, 0.2) is 11.6 Å². The molecule has 16 heavy (non-hydrogen) atoms. The fourth-order valence-corrected chi connectivity index (χ4v) is 2.83. The van der Waals surface area contributed by atoms with E-state index in [2.05, 4.69) is 28.3 Å². The summed E-state index contributed by atoms with van der Waals surface area (Å²) in [5.74, 6) is 0.406. The number of hydrogen-bond acceptors (Lipinski definition) is 5. The third kappa shape index (κ3) is 1.55. The molecule has 0 spiro atoms. The van der Waals surface area contributed by atoms with Crippen molar-refractivity contribution in [1.29, 1.82) is 5.26 Å². The molecule has 5 heteroatoms. The van der Waals surface area contributed by atoms with Crippen molar-refractivity contribution in [3.05, 3.63) is 11.6 Å². The number of nitrogens with one attached hydrogen (secondary N) is 3. The smallest absolute Gasteiger partial charge is 0.137 e. The maximum Gasteiger partial charge on any atom is 0.137 e. The monoisotopic (exact) mass is 220 g/mol. The summed E-state index contributed by atoms with van der Waals surface area (Å²) >= 11 is 0. The van der Waals surface area contributed by atoms with Crippen LogP contribution in [0.1, 0.15) is 6.42 Å². The SMILES string of the molecule is N#CC1NOC2C(C3=CCCNC3)CNC12. The van der Waals surface area contributed by atoms with Crippen LogP contribution in [0.4, 0.5) is 0 Å². The number of fused-ring (bicyclic) bond motifs is 1. The summed E-state index contributed by atoms with van der Waals surface area (Å²) in [6, 6.07) is 2.15. The van der Waals surface area contributed by atoms with Gasteiger partial charge in [-0.15, -0.1) is 0 Å². The molecule has 4 atom stereocenters. The Balaban J connectivity index is 1.75. The van der Waals surface area contributed by atoms with Crippen molar-refractivity contribution in [2.75, 3.05) is 19.6 Å². The lowest BCUT2D eigenvalue weighted by Gasteiger charge is -2.22. The molecule has 2 fully saturated rings. The lowest BCUT2D eigenvalue weighted by Crippen LogP contribution is -2.38. The van der Waals surface area contributed by atoms with Gasteiger partial charge < -0.3 is 10.6 Å². The fourth-order valence-electron chi connectivity index (χ4n) is 2.83. The summed E-state index contributed by atoms with van der Waals surface area (Å²) in [6.45, 7) is 2.94. The molecule has 0 aromatic rings. The van der Waals surface area contributed by atoms with Crippen LogP contribution >= 0.6 is 0 Å². The molecule has 3 aliphatic rings. The highest BCUT2D eigenvalue weighted by Gasteiger charge is 2.47. The molecule has 0 saturated carbocycles. The molecule has 0 amide bonds. The molecule has 0 aliphatic carbocycles.